The maximum Gasteiger partial charge on any atom is 0.264 e. The van der Waals surface area contributed by atoms with E-state index in [2.05, 4.69) is 124 Å². The van der Waals surface area contributed by atoms with E-state index in [1.807, 2.05) is 39.0 Å². The molecule has 2 heterocycles. The number of carbonyl (C=O) groups is 1. The molecule has 8 heteroatoms. The minimum absolute atomic E-state index is 0.0786. The summed E-state index contributed by atoms with van der Waals surface area (Å²) in [4.78, 5) is 16.8. The third-order valence-corrected chi connectivity index (χ3v) is 11.2. The molecule has 2 aromatic carbocycles. The normalized spacial score (nSPS) is 17.8. The van der Waals surface area contributed by atoms with Gasteiger partial charge in [-0.1, -0.05) is 95.7 Å². The van der Waals surface area contributed by atoms with Gasteiger partial charge in [0, 0.05) is 65.9 Å². The van der Waals surface area contributed by atoms with E-state index in [4.69, 9.17) is 0 Å². The van der Waals surface area contributed by atoms with Gasteiger partial charge in [0.15, 0.2) is 5.71 Å². The molecule has 0 radical (unpaired) electrons. The average molecular weight is 729 g/mol. The highest BCUT2D eigenvalue weighted by Crippen LogP contribution is 2.48. The van der Waals surface area contributed by atoms with Gasteiger partial charge in [0.2, 0.25) is 5.69 Å². The fourth-order valence-corrected chi connectivity index (χ4v) is 7.98. The Labute approximate surface area is 314 Å². The van der Waals surface area contributed by atoms with E-state index >= 15 is 0 Å². The van der Waals surface area contributed by atoms with Crippen molar-refractivity contribution in [3.8, 4) is 0 Å². The molecule has 0 spiro atoms. The number of carbonyl (C=O) groups excluding carboxylic acids is 1. The van der Waals surface area contributed by atoms with Crippen LogP contribution in [-0.2, 0) is 32.3 Å². The molecular weight excluding hydrogens is 667 g/mol. The van der Waals surface area contributed by atoms with Crippen LogP contribution >= 0.6 is 0 Å². The summed E-state index contributed by atoms with van der Waals surface area (Å²) in [5.74, 6) is 0.00988. The van der Waals surface area contributed by atoms with E-state index in [9.17, 15) is 17.8 Å². The molecular formula is C44H62N3O4S+. The highest BCUT2D eigenvalue weighted by atomic mass is 32.2. The Bertz CT molecular complexity index is 1890. The Hall–Kier alpha value is -3.59. The van der Waals surface area contributed by atoms with Crippen LogP contribution in [0.1, 0.15) is 103 Å². The van der Waals surface area contributed by atoms with Gasteiger partial charge in [-0.15, -0.1) is 0 Å². The van der Waals surface area contributed by atoms with E-state index in [-0.39, 0.29) is 22.0 Å². The highest BCUT2D eigenvalue weighted by molar-refractivity contribution is 7.85. The minimum Gasteiger partial charge on any atom is -0.344 e. The maximum absolute atomic E-state index is 12.4. The van der Waals surface area contributed by atoms with E-state index in [1.165, 1.54) is 33.7 Å². The van der Waals surface area contributed by atoms with E-state index in [0.29, 0.717) is 25.2 Å². The summed E-state index contributed by atoms with van der Waals surface area (Å²) in [7, 11) is -1.96. The minimum atomic E-state index is -4.06. The van der Waals surface area contributed by atoms with Crippen LogP contribution in [0.4, 0.5) is 11.4 Å². The van der Waals surface area contributed by atoms with Crippen molar-refractivity contribution in [2.24, 2.45) is 5.41 Å². The Kier molecular flexibility index (Phi) is 13.2. The summed E-state index contributed by atoms with van der Waals surface area (Å²) in [6.07, 6.45) is 17.5. The van der Waals surface area contributed by atoms with Gasteiger partial charge in [-0.25, -0.2) is 0 Å². The largest absolute Gasteiger partial charge is 0.344 e. The first-order valence-electron chi connectivity index (χ1n) is 18.8. The van der Waals surface area contributed by atoms with Crippen molar-refractivity contribution < 1.29 is 22.3 Å². The number of ketones is 1. The molecule has 0 aromatic heterocycles. The second-order valence-electron chi connectivity index (χ2n) is 16.6. The predicted octanol–water partition coefficient (Wildman–Crippen LogP) is 9.24. The zero-order chi connectivity index (χ0) is 38.5. The van der Waals surface area contributed by atoms with Crippen LogP contribution in [0, 0.1) is 12.3 Å². The third-order valence-electron chi connectivity index (χ3n) is 10.4. The molecule has 0 atom stereocenters. The van der Waals surface area contributed by atoms with Crippen LogP contribution < -0.4 is 4.90 Å². The van der Waals surface area contributed by atoms with Gasteiger partial charge in [-0.2, -0.15) is 13.0 Å². The standard InChI is InChI=1S/C44H61N3O4S/c1-11-26-46-37-24-22-33(2)30-35(37)43(6,7)39(46)19-15-13-12-14-16-20-40-44(8,9)36-31-34(32-45(10)27-17-21-41(48)42(3,4)5)23-25-38(36)47(40)28-18-29-52(49,50)51/h12-16,19-20,22-25,30-31H,11,17-18,21,26-29,32H2,1-10H3/p+1. The second kappa shape index (κ2) is 16.6. The zero-order valence-electron chi connectivity index (χ0n) is 33.3. The summed E-state index contributed by atoms with van der Waals surface area (Å²) in [6, 6.07) is 13.3. The first-order valence-corrected chi connectivity index (χ1v) is 20.4. The van der Waals surface area contributed by atoms with Gasteiger partial charge in [-0.3, -0.25) is 9.35 Å². The van der Waals surface area contributed by atoms with Crippen LogP contribution in [-0.4, -0.2) is 66.4 Å². The number of fused-ring (bicyclic) bond motifs is 2. The first kappa shape index (κ1) is 41.2. The molecule has 2 aliphatic heterocycles. The lowest BCUT2D eigenvalue weighted by atomic mass is 9.81. The number of benzene rings is 2. The lowest BCUT2D eigenvalue weighted by molar-refractivity contribution is -0.437. The number of rotatable bonds is 16. The van der Waals surface area contributed by atoms with Gasteiger partial charge in [0.1, 0.15) is 12.3 Å². The molecule has 0 amide bonds. The summed E-state index contributed by atoms with van der Waals surface area (Å²) in [6.45, 7) is 22.4. The number of Topliss-reactive ketones (excluding diaryl/α,β-unsaturated/α-hetero) is 1. The number of anilines is 1. The fraction of sp³-hybridized carbons (Fsp3) is 0.500. The molecule has 0 aliphatic carbocycles. The SMILES string of the molecule is CCC[N+]1=C(C=CC=CC=CC=C2N(CCCS(=O)(=O)O)c3ccc(CN(C)CCCC(=O)C(C)(C)C)cc3C2(C)C)C(C)(C)c2cc(C)ccc21. The molecule has 0 saturated heterocycles. The Morgan fingerprint density at radius 1 is 0.942 bits per heavy atom. The number of aryl methyl sites for hydroxylation is 1. The van der Waals surface area contributed by atoms with E-state index in [1.54, 1.807) is 0 Å². The molecule has 0 saturated carbocycles. The maximum atomic E-state index is 12.4. The smallest absolute Gasteiger partial charge is 0.264 e. The van der Waals surface area contributed by atoms with Crippen molar-refractivity contribution in [3.05, 3.63) is 107 Å². The monoisotopic (exact) mass is 728 g/mol. The van der Waals surface area contributed by atoms with Crippen LogP contribution in [0.25, 0.3) is 0 Å². The molecule has 0 bridgehead atoms. The van der Waals surface area contributed by atoms with Crippen LogP contribution in [0.15, 0.2) is 84.6 Å². The highest BCUT2D eigenvalue weighted by Gasteiger charge is 2.44. The quantitative estimate of drug-likeness (QED) is 0.106. The lowest BCUT2D eigenvalue weighted by Crippen LogP contribution is -2.28. The van der Waals surface area contributed by atoms with Crippen molar-refractivity contribution in [2.75, 3.05) is 37.3 Å². The fourth-order valence-electron chi connectivity index (χ4n) is 7.48. The number of hydrogen-bond donors (Lipinski definition) is 1. The Balaban J connectivity index is 1.51. The molecule has 52 heavy (non-hydrogen) atoms. The predicted molar refractivity (Wildman–Crippen MR) is 218 cm³/mol. The van der Waals surface area contributed by atoms with E-state index < -0.39 is 10.1 Å². The van der Waals surface area contributed by atoms with Crippen molar-refractivity contribution in [2.45, 2.75) is 105 Å². The topological polar surface area (TPSA) is 80.9 Å². The van der Waals surface area contributed by atoms with Crippen molar-refractivity contribution in [3.63, 3.8) is 0 Å². The van der Waals surface area contributed by atoms with Crippen LogP contribution in [0.3, 0.4) is 0 Å². The molecule has 2 aliphatic rings. The Morgan fingerprint density at radius 3 is 2.31 bits per heavy atom. The average Bonchev–Trinajstić information content (AvgIpc) is 3.37. The van der Waals surface area contributed by atoms with Crippen molar-refractivity contribution in [1.82, 2.24) is 4.90 Å². The lowest BCUT2D eigenvalue weighted by Gasteiger charge is -2.27. The third kappa shape index (κ3) is 9.88. The molecule has 282 valence electrons. The molecule has 0 fully saturated rings. The molecule has 0 unspecified atom stereocenters. The second-order valence-corrected chi connectivity index (χ2v) is 18.2. The van der Waals surface area contributed by atoms with Crippen molar-refractivity contribution >= 4 is 33.0 Å². The summed E-state index contributed by atoms with van der Waals surface area (Å²) >= 11 is 0. The summed E-state index contributed by atoms with van der Waals surface area (Å²) < 4.78 is 35.0. The number of allylic oxidation sites excluding steroid dienone is 8. The van der Waals surface area contributed by atoms with Gasteiger partial charge >= 0.3 is 0 Å². The van der Waals surface area contributed by atoms with Gasteiger partial charge in [-0.05, 0) is 76.5 Å². The van der Waals surface area contributed by atoms with Gasteiger partial charge in [0.25, 0.3) is 10.1 Å². The zero-order valence-corrected chi connectivity index (χ0v) is 34.1. The van der Waals surface area contributed by atoms with Crippen LogP contribution in [0.2, 0.25) is 0 Å². The van der Waals surface area contributed by atoms with Crippen LogP contribution in [0.5, 0.6) is 0 Å². The van der Waals surface area contributed by atoms with E-state index in [0.717, 1.165) is 43.9 Å². The molecule has 4 rings (SSSR count). The summed E-state index contributed by atoms with van der Waals surface area (Å²) in [5, 5.41) is 0. The van der Waals surface area contributed by atoms with Crippen molar-refractivity contribution in [1.29, 1.82) is 0 Å². The van der Waals surface area contributed by atoms with Gasteiger partial charge < -0.3 is 9.80 Å². The molecule has 2 aromatic rings. The molecule has 1 N–H and O–H groups in total. The number of hydrogen-bond acceptors (Lipinski definition) is 5. The molecule has 7 nitrogen and oxygen atoms in total. The Morgan fingerprint density at radius 2 is 1.63 bits per heavy atom. The number of nitrogens with zero attached hydrogens (tertiary/aromatic N) is 3. The first-order chi connectivity index (χ1) is 24.3. The van der Waals surface area contributed by atoms with Gasteiger partial charge in [0.05, 0.1) is 11.2 Å². The summed E-state index contributed by atoms with van der Waals surface area (Å²) in [5.41, 5.74) is 9.08.